The molecule has 19 atom stereocenters. The number of hydrogen-bond donors (Lipinski definition) is 2. The second-order valence-electron chi connectivity index (χ2n) is 19.2. The van der Waals surface area contributed by atoms with Gasteiger partial charge in [0.2, 0.25) is 0 Å². The molecule has 61 heavy (non-hydrogen) atoms. The van der Waals surface area contributed by atoms with Crippen LogP contribution in [0.15, 0.2) is 59.3 Å². The first-order valence-electron chi connectivity index (χ1n) is 22.6. The van der Waals surface area contributed by atoms with Gasteiger partial charge in [0, 0.05) is 57.7 Å². The molecule has 2 bridgehead atoms. The predicted molar refractivity (Wildman–Crippen MR) is 226 cm³/mol. The van der Waals surface area contributed by atoms with Crippen LogP contribution in [0.3, 0.4) is 0 Å². The van der Waals surface area contributed by atoms with Gasteiger partial charge in [-0.25, -0.2) is 0 Å². The second-order valence-corrected chi connectivity index (χ2v) is 19.2. The third-order valence-corrected chi connectivity index (χ3v) is 14.4. The lowest BCUT2D eigenvalue weighted by molar-refractivity contribution is -0.314. The fourth-order valence-corrected chi connectivity index (χ4v) is 10.6. The highest BCUT2D eigenvalue weighted by Gasteiger charge is 2.60. The summed E-state index contributed by atoms with van der Waals surface area (Å²) in [5.74, 6) is -2.30. The van der Waals surface area contributed by atoms with Crippen molar-refractivity contribution in [3.63, 3.8) is 0 Å². The standard InChI is InChI=1S/C48H72O13/c1-25(2)42-28(5)17-18-47(61-42)23-35-20-34(60-47)16-15-27(4)43(26(3)13-12-14-33-24-54-45-41(49)29(6)19-36(46(50)57-35)48(33,45)51)58-40-22-38(53-11)44(32(9)56-40)59-39-21-37(52-10)30(7)31(8)55-39/h12-15,17-19,25-26,28,30-32,34-45,49,51H,16,20-24H2,1-11H3/b13-12+,27-15+,33-14+/t26-,28-,30+,31-,32-,34+,35-,36-,37-,38-,39-,40-,41+,42+,43-,44-,45+,47+,48+/m0/s1. The largest absolute Gasteiger partial charge is 0.462 e. The van der Waals surface area contributed by atoms with Gasteiger partial charge >= 0.3 is 5.97 Å². The van der Waals surface area contributed by atoms with Gasteiger partial charge in [-0.05, 0) is 62.8 Å². The molecule has 1 aliphatic carbocycles. The monoisotopic (exact) mass is 856 g/mol. The predicted octanol–water partition coefficient (Wildman–Crippen LogP) is 6.26. The van der Waals surface area contributed by atoms with E-state index in [0.29, 0.717) is 43.3 Å². The van der Waals surface area contributed by atoms with E-state index in [2.05, 4.69) is 53.7 Å². The van der Waals surface area contributed by atoms with Gasteiger partial charge in [-0.2, -0.15) is 0 Å². The summed E-state index contributed by atoms with van der Waals surface area (Å²) in [5.41, 5.74) is 0.188. The summed E-state index contributed by atoms with van der Waals surface area (Å²) in [5, 5.41) is 23.7. The van der Waals surface area contributed by atoms with Crippen molar-refractivity contribution in [1.82, 2.24) is 0 Å². The van der Waals surface area contributed by atoms with E-state index in [-0.39, 0.29) is 73.0 Å². The molecule has 4 fully saturated rings. The third-order valence-electron chi connectivity index (χ3n) is 14.4. The summed E-state index contributed by atoms with van der Waals surface area (Å²) in [4.78, 5) is 14.3. The number of fused-ring (bicyclic) bond motifs is 2. The molecular weight excluding hydrogens is 785 g/mol. The fraction of sp³-hybridized carbons (Fsp3) is 0.771. The van der Waals surface area contributed by atoms with Crippen molar-refractivity contribution in [3.05, 3.63) is 59.3 Å². The van der Waals surface area contributed by atoms with Gasteiger partial charge in [-0.15, -0.1) is 0 Å². The Morgan fingerprint density at radius 2 is 1.56 bits per heavy atom. The molecule has 6 aliphatic heterocycles. The van der Waals surface area contributed by atoms with Crippen LogP contribution in [0.5, 0.6) is 0 Å². The van der Waals surface area contributed by atoms with Gasteiger partial charge in [0.05, 0.1) is 49.3 Å². The quantitative estimate of drug-likeness (QED) is 0.219. The molecule has 13 heteroatoms. The Labute approximate surface area is 362 Å². The summed E-state index contributed by atoms with van der Waals surface area (Å²) in [6.07, 6.45) is 10.1. The van der Waals surface area contributed by atoms with Crippen LogP contribution in [0, 0.1) is 29.6 Å². The molecule has 4 saturated heterocycles. The van der Waals surface area contributed by atoms with Gasteiger partial charge in [-0.3, -0.25) is 4.79 Å². The minimum Gasteiger partial charge on any atom is -0.462 e. The van der Waals surface area contributed by atoms with E-state index in [1.54, 1.807) is 33.3 Å². The summed E-state index contributed by atoms with van der Waals surface area (Å²) in [6, 6.07) is 0. The Balaban J connectivity index is 1.18. The van der Waals surface area contributed by atoms with Crippen molar-refractivity contribution in [2.45, 2.75) is 186 Å². The van der Waals surface area contributed by atoms with E-state index < -0.39 is 60.3 Å². The molecule has 6 heterocycles. The molecule has 0 amide bonds. The van der Waals surface area contributed by atoms with Crippen LogP contribution >= 0.6 is 0 Å². The summed E-state index contributed by atoms with van der Waals surface area (Å²) in [7, 11) is 3.42. The molecular formula is C48H72O13. The number of carbonyl (C=O) groups excluding carboxylic acids is 1. The van der Waals surface area contributed by atoms with Crippen LogP contribution in [-0.4, -0.2) is 128 Å². The summed E-state index contributed by atoms with van der Waals surface area (Å²) < 4.78 is 64.2. The van der Waals surface area contributed by atoms with Gasteiger partial charge in [0.15, 0.2) is 18.4 Å². The van der Waals surface area contributed by atoms with E-state index in [0.717, 1.165) is 5.57 Å². The Kier molecular flexibility index (Phi) is 14.6. The lowest BCUT2D eigenvalue weighted by Crippen LogP contribution is -2.58. The zero-order chi connectivity index (χ0) is 44.0. The van der Waals surface area contributed by atoms with Crippen molar-refractivity contribution in [3.8, 4) is 0 Å². The van der Waals surface area contributed by atoms with E-state index in [1.807, 2.05) is 32.1 Å². The molecule has 7 aliphatic rings. The Hall–Kier alpha value is -2.27. The number of esters is 1. The smallest absolute Gasteiger partial charge is 0.316 e. The van der Waals surface area contributed by atoms with Crippen LogP contribution in [0.4, 0.5) is 0 Å². The van der Waals surface area contributed by atoms with E-state index >= 15 is 0 Å². The first-order chi connectivity index (χ1) is 29.0. The van der Waals surface area contributed by atoms with Gasteiger partial charge in [-0.1, -0.05) is 71.1 Å². The SMILES string of the molecule is CO[C@H]1C[C@H](O[C@H]2[C@H](C)O[C@@H](O[C@@H]3/C(C)=C/C[C@@H]4C[C@@H](C[C@]5(C=C[C@H](C)[C@@H](C(C)C)O5)O4)OC(=O)[C@@H]4C=C(C)[C@@H](O)[C@H]5OC/C(=C\C=C\[C@@H]3C)[C@]54O)C[C@@H]2OC)O[C@@H](C)[C@H]1C. The molecule has 2 N–H and O–H groups in total. The van der Waals surface area contributed by atoms with E-state index in [1.165, 1.54) is 0 Å². The molecule has 1 spiro atoms. The average Bonchev–Trinajstić information content (AvgIpc) is 3.56. The van der Waals surface area contributed by atoms with Crippen LogP contribution in [0.25, 0.3) is 0 Å². The second kappa shape index (κ2) is 19.1. The lowest BCUT2D eigenvalue weighted by atomic mass is 9.71. The van der Waals surface area contributed by atoms with E-state index in [4.69, 9.17) is 47.4 Å². The Morgan fingerprint density at radius 3 is 2.28 bits per heavy atom. The number of aliphatic hydroxyl groups excluding tert-OH is 1. The molecule has 7 rings (SSSR count). The highest BCUT2D eigenvalue weighted by atomic mass is 16.7. The highest BCUT2D eigenvalue weighted by Crippen LogP contribution is 2.47. The zero-order valence-electron chi connectivity index (χ0n) is 38.1. The molecule has 0 aromatic heterocycles. The number of hydrogen-bond acceptors (Lipinski definition) is 13. The first kappa shape index (κ1) is 46.7. The maximum Gasteiger partial charge on any atom is 0.316 e. The van der Waals surface area contributed by atoms with Crippen molar-refractivity contribution >= 4 is 5.97 Å². The number of aliphatic hydroxyl groups is 2. The number of methoxy groups -OCH3 is 2. The van der Waals surface area contributed by atoms with Crippen LogP contribution in [0.1, 0.15) is 94.4 Å². The van der Waals surface area contributed by atoms with E-state index in [9.17, 15) is 15.0 Å². The van der Waals surface area contributed by atoms with Crippen LogP contribution < -0.4 is 0 Å². The molecule has 342 valence electrons. The molecule has 13 nitrogen and oxygen atoms in total. The minimum absolute atomic E-state index is 0.0224. The van der Waals surface area contributed by atoms with Crippen LogP contribution in [-0.2, 0) is 52.2 Å². The number of rotatable bonds is 7. The summed E-state index contributed by atoms with van der Waals surface area (Å²) in [6.45, 7) is 18.5. The summed E-state index contributed by atoms with van der Waals surface area (Å²) >= 11 is 0. The minimum atomic E-state index is -1.82. The topological polar surface area (TPSA) is 150 Å². The fourth-order valence-electron chi connectivity index (χ4n) is 10.6. The number of carbonyl (C=O) groups is 1. The normalized spacial score (nSPS) is 49.3. The molecule has 0 radical (unpaired) electrons. The van der Waals surface area contributed by atoms with Gasteiger partial charge in [0.25, 0.3) is 0 Å². The zero-order valence-corrected chi connectivity index (χ0v) is 38.1. The molecule has 0 aromatic carbocycles. The number of allylic oxidation sites excluding steroid dienone is 2. The molecule has 0 unspecified atom stereocenters. The third kappa shape index (κ3) is 9.59. The van der Waals surface area contributed by atoms with Crippen molar-refractivity contribution in [1.29, 1.82) is 0 Å². The van der Waals surface area contributed by atoms with Crippen molar-refractivity contribution in [2.24, 2.45) is 29.6 Å². The Bertz CT molecular complexity index is 1700. The first-order valence-corrected chi connectivity index (χ1v) is 22.6. The maximum absolute atomic E-state index is 14.3. The average molecular weight is 857 g/mol. The van der Waals surface area contributed by atoms with Gasteiger partial charge in [0.1, 0.15) is 35.9 Å². The highest BCUT2D eigenvalue weighted by molar-refractivity contribution is 5.78. The maximum atomic E-state index is 14.3. The van der Waals surface area contributed by atoms with Crippen molar-refractivity contribution in [2.75, 3.05) is 20.8 Å². The Morgan fingerprint density at radius 1 is 0.852 bits per heavy atom. The molecule has 0 saturated carbocycles. The van der Waals surface area contributed by atoms with Crippen LogP contribution in [0.2, 0.25) is 0 Å². The van der Waals surface area contributed by atoms with Crippen molar-refractivity contribution < 1.29 is 62.4 Å². The molecule has 0 aromatic rings. The lowest BCUT2D eigenvalue weighted by Gasteiger charge is -2.48. The number of ether oxygens (including phenoxy) is 10. The van der Waals surface area contributed by atoms with Gasteiger partial charge < -0.3 is 57.6 Å².